The molecule has 4 rings (SSSR count). The van der Waals surface area contributed by atoms with Gasteiger partial charge in [-0.3, -0.25) is 0 Å². The molecule has 10 nitrogen and oxygen atoms in total. The maximum Gasteiger partial charge on any atom is 0.246 e. The number of hydrogen-bond donors (Lipinski definition) is 1. The van der Waals surface area contributed by atoms with Gasteiger partial charge in [-0.05, 0) is 42.5 Å². The second kappa shape index (κ2) is 10.2. The van der Waals surface area contributed by atoms with Gasteiger partial charge in [-0.25, -0.2) is 8.42 Å². The van der Waals surface area contributed by atoms with E-state index < -0.39 is 10.0 Å². The van der Waals surface area contributed by atoms with E-state index in [0.717, 1.165) is 5.69 Å². The molecule has 0 aliphatic carbocycles. The van der Waals surface area contributed by atoms with Crippen molar-refractivity contribution in [2.45, 2.75) is 4.90 Å². The minimum absolute atomic E-state index is 0.0868. The van der Waals surface area contributed by atoms with Gasteiger partial charge in [0.15, 0.2) is 17.3 Å². The third-order valence-electron chi connectivity index (χ3n) is 5.37. The van der Waals surface area contributed by atoms with Crippen molar-refractivity contribution in [3.05, 3.63) is 48.5 Å². The fraction of sp³-hybridized carbons (Fsp3) is 0.304. The van der Waals surface area contributed by atoms with Gasteiger partial charge in [0.1, 0.15) is 10.6 Å². The van der Waals surface area contributed by atoms with E-state index in [4.69, 9.17) is 18.9 Å². The zero-order valence-electron chi connectivity index (χ0n) is 19.1. The Labute approximate surface area is 198 Å². The Hall–Kier alpha value is -3.41. The summed E-state index contributed by atoms with van der Waals surface area (Å²) in [4.78, 5) is 0.0868. The molecule has 1 aliphatic heterocycles. The molecule has 0 amide bonds. The quantitative estimate of drug-likeness (QED) is 0.513. The van der Waals surface area contributed by atoms with Crippen LogP contribution in [0.15, 0.2) is 53.4 Å². The number of anilines is 2. The van der Waals surface area contributed by atoms with E-state index >= 15 is 0 Å². The van der Waals surface area contributed by atoms with Crippen molar-refractivity contribution < 1.29 is 27.4 Å². The minimum atomic E-state index is -3.75. The first kappa shape index (κ1) is 23.7. The summed E-state index contributed by atoms with van der Waals surface area (Å²) in [6, 6.07) is 13.9. The summed E-state index contributed by atoms with van der Waals surface area (Å²) in [6.07, 6.45) is 0. The molecule has 0 bridgehead atoms. The number of nitrogens with one attached hydrogen (secondary N) is 1. The highest BCUT2D eigenvalue weighted by molar-refractivity contribution is 7.89. The third kappa shape index (κ3) is 4.91. The van der Waals surface area contributed by atoms with Crippen LogP contribution in [0.5, 0.6) is 17.2 Å². The van der Waals surface area contributed by atoms with Gasteiger partial charge in [-0.15, -0.1) is 10.2 Å². The average molecular weight is 487 g/mol. The zero-order valence-corrected chi connectivity index (χ0v) is 20.0. The number of morpholine rings is 1. The van der Waals surface area contributed by atoms with E-state index in [-0.39, 0.29) is 10.6 Å². The molecule has 1 aromatic heterocycles. The highest BCUT2D eigenvalue weighted by Crippen LogP contribution is 2.33. The van der Waals surface area contributed by atoms with Crippen LogP contribution in [0.1, 0.15) is 0 Å². The summed E-state index contributed by atoms with van der Waals surface area (Å²) in [5, 5.41) is 11.7. The number of hydrogen-bond acceptors (Lipinski definition) is 9. The number of ether oxygens (including phenoxy) is 4. The van der Waals surface area contributed by atoms with Crippen molar-refractivity contribution in [2.75, 3.05) is 52.9 Å². The Morgan fingerprint density at radius 1 is 0.853 bits per heavy atom. The van der Waals surface area contributed by atoms with Crippen molar-refractivity contribution in [1.82, 2.24) is 14.5 Å². The molecule has 0 unspecified atom stereocenters. The van der Waals surface area contributed by atoms with Crippen LogP contribution >= 0.6 is 0 Å². The third-order valence-corrected chi connectivity index (χ3v) is 7.29. The number of sulfonamides is 1. The lowest BCUT2D eigenvalue weighted by Crippen LogP contribution is -2.40. The first-order chi connectivity index (χ1) is 16.5. The predicted octanol–water partition coefficient (Wildman–Crippen LogP) is 2.93. The molecular formula is C23H26N4O6S. The van der Waals surface area contributed by atoms with Crippen LogP contribution < -0.4 is 19.5 Å². The number of methoxy groups -OCH3 is 3. The van der Waals surface area contributed by atoms with Gasteiger partial charge in [-0.1, -0.05) is 0 Å². The largest absolute Gasteiger partial charge is 0.495 e. The molecule has 2 heterocycles. The maximum atomic E-state index is 13.2. The number of rotatable bonds is 8. The summed E-state index contributed by atoms with van der Waals surface area (Å²) in [5.74, 6) is 2.00. The van der Waals surface area contributed by atoms with Gasteiger partial charge >= 0.3 is 0 Å². The Balaban J connectivity index is 1.59. The summed E-state index contributed by atoms with van der Waals surface area (Å²) < 4.78 is 49.1. The predicted molar refractivity (Wildman–Crippen MR) is 126 cm³/mol. The smallest absolute Gasteiger partial charge is 0.246 e. The van der Waals surface area contributed by atoms with Crippen molar-refractivity contribution in [2.24, 2.45) is 0 Å². The highest BCUT2D eigenvalue weighted by Gasteiger charge is 2.29. The summed E-state index contributed by atoms with van der Waals surface area (Å²) in [5.41, 5.74) is 1.89. The van der Waals surface area contributed by atoms with Crippen LogP contribution in [0, 0.1) is 0 Å². The maximum absolute atomic E-state index is 13.2. The average Bonchev–Trinajstić information content (AvgIpc) is 2.89. The van der Waals surface area contributed by atoms with Gasteiger partial charge in [0.05, 0.1) is 40.2 Å². The summed E-state index contributed by atoms with van der Waals surface area (Å²) in [7, 11) is 0.839. The van der Waals surface area contributed by atoms with E-state index in [0.29, 0.717) is 54.9 Å². The molecule has 2 aromatic carbocycles. The standard InChI is InChI=1S/C23H26N4O6S/c1-30-19-8-5-17(15-21(19)32-3)24-23-9-6-18(25-26-23)16-4-7-20(31-2)22(14-16)34(28,29)27-10-12-33-13-11-27/h4-9,14-15H,10-13H2,1-3H3,(H,24,26). The molecular weight excluding hydrogens is 460 g/mol. The van der Waals surface area contributed by atoms with Crippen LogP contribution in [0.4, 0.5) is 11.5 Å². The molecule has 1 aliphatic rings. The van der Waals surface area contributed by atoms with E-state index in [9.17, 15) is 8.42 Å². The highest BCUT2D eigenvalue weighted by atomic mass is 32.2. The van der Waals surface area contributed by atoms with Crippen LogP contribution in [0.25, 0.3) is 11.3 Å². The molecule has 1 fully saturated rings. The van der Waals surface area contributed by atoms with Crippen molar-refractivity contribution in [1.29, 1.82) is 0 Å². The lowest BCUT2D eigenvalue weighted by Gasteiger charge is -2.26. The van der Waals surface area contributed by atoms with Crippen LogP contribution in [-0.2, 0) is 14.8 Å². The van der Waals surface area contributed by atoms with Gasteiger partial charge in [-0.2, -0.15) is 4.31 Å². The number of aromatic nitrogens is 2. The normalized spacial score (nSPS) is 14.4. The first-order valence-electron chi connectivity index (χ1n) is 10.6. The molecule has 3 aromatic rings. The van der Waals surface area contributed by atoms with E-state index in [1.54, 1.807) is 56.7 Å². The second-order valence-corrected chi connectivity index (χ2v) is 9.29. The molecule has 1 N–H and O–H groups in total. The molecule has 34 heavy (non-hydrogen) atoms. The van der Waals surface area contributed by atoms with Crippen molar-refractivity contribution in [3.63, 3.8) is 0 Å². The van der Waals surface area contributed by atoms with Crippen molar-refractivity contribution in [3.8, 4) is 28.5 Å². The van der Waals surface area contributed by atoms with Gasteiger partial charge in [0.25, 0.3) is 0 Å². The topological polar surface area (TPSA) is 112 Å². The Morgan fingerprint density at radius 2 is 1.56 bits per heavy atom. The lowest BCUT2D eigenvalue weighted by atomic mass is 10.1. The van der Waals surface area contributed by atoms with Crippen LogP contribution in [0.3, 0.4) is 0 Å². The van der Waals surface area contributed by atoms with Gasteiger partial charge < -0.3 is 24.3 Å². The molecule has 0 spiro atoms. The fourth-order valence-corrected chi connectivity index (χ4v) is 5.17. The Bertz CT molecular complexity index is 1240. The van der Waals surface area contributed by atoms with E-state index in [1.165, 1.54) is 11.4 Å². The zero-order chi connectivity index (χ0) is 24.1. The molecule has 180 valence electrons. The van der Waals surface area contributed by atoms with Crippen LogP contribution in [-0.4, -0.2) is 70.6 Å². The molecule has 11 heteroatoms. The van der Waals surface area contributed by atoms with Gasteiger partial charge in [0.2, 0.25) is 10.0 Å². The first-order valence-corrected chi connectivity index (χ1v) is 12.0. The molecule has 1 saturated heterocycles. The Kier molecular flexibility index (Phi) is 7.15. The SMILES string of the molecule is COc1ccc(Nc2ccc(-c3ccc(OC)c(S(=O)(=O)N4CCOCC4)c3)nn2)cc1OC. The molecule has 0 saturated carbocycles. The number of nitrogens with zero attached hydrogens (tertiary/aromatic N) is 3. The summed E-state index contributed by atoms with van der Waals surface area (Å²) >= 11 is 0. The minimum Gasteiger partial charge on any atom is -0.495 e. The fourth-order valence-electron chi connectivity index (χ4n) is 3.58. The lowest BCUT2D eigenvalue weighted by molar-refractivity contribution is 0.0729. The van der Waals surface area contributed by atoms with Crippen molar-refractivity contribution >= 4 is 21.5 Å². The van der Waals surface area contributed by atoms with E-state index in [1.807, 2.05) is 6.07 Å². The van der Waals surface area contributed by atoms with Crippen LogP contribution in [0.2, 0.25) is 0 Å². The number of benzene rings is 2. The van der Waals surface area contributed by atoms with Gasteiger partial charge in [0, 0.05) is 30.4 Å². The molecule has 0 radical (unpaired) electrons. The second-order valence-electron chi connectivity index (χ2n) is 7.38. The summed E-state index contributed by atoms with van der Waals surface area (Å²) in [6.45, 7) is 1.32. The Morgan fingerprint density at radius 3 is 2.21 bits per heavy atom. The molecule has 0 atom stereocenters. The monoisotopic (exact) mass is 486 g/mol. The van der Waals surface area contributed by atoms with E-state index in [2.05, 4.69) is 15.5 Å².